The van der Waals surface area contributed by atoms with Crippen LogP contribution in [0.4, 0.5) is 0 Å². The molecule has 1 heteroatoms. The van der Waals surface area contributed by atoms with Crippen LogP contribution in [0.3, 0.4) is 0 Å². The third kappa shape index (κ3) is 1.80. The van der Waals surface area contributed by atoms with Gasteiger partial charge >= 0.3 is 0 Å². The fraction of sp³-hybridized carbons (Fsp3) is 0.529. The summed E-state index contributed by atoms with van der Waals surface area (Å²) >= 11 is 0. The fourth-order valence-electron chi connectivity index (χ4n) is 3.58. The predicted octanol–water partition coefficient (Wildman–Crippen LogP) is 4.96. The molecule has 0 radical (unpaired) electrons. The van der Waals surface area contributed by atoms with Crippen LogP contribution < -0.4 is 0 Å². The molecule has 0 fully saturated rings. The normalized spacial score (nSPS) is 28.4. The Morgan fingerprint density at radius 2 is 1.67 bits per heavy atom. The highest BCUT2D eigenvalue weighted by molar-refractivity contribution is 6.64. The number of rotatable bonds is 2. The SMILES string of the molecule is CC1=CC(C)(C2=CCC([SiH](C)C)=C2C)C(C)=C1C. The van der Waals surface area contributed by atoms with Gasteiger partial charge in [0.15, 0.2) is 0 Å². The Morgan fingerprint density at radius 3 is 2.06 bits per heavy atom. The van der Waals surface area contributed by atoms with Crippen molar-refractivity contribution in [2.75, 3.05) is 0 Å². The topological polar surface area (TPSA) is 0 Å². The van der Waals surface area contributed by atoms with Crippen molar-refractivity contribution in [1.29, 1.82) is 0 Å². The molecule has 0 N–H and O–H groups in total. The predicted molar refractivity (Wildman–Crippen MR) is 84.5 cm³/mol. The van der Waals surface area contributed by atoms with E-state index in [0.717, 1.165) is 0 Å². The van der Waals surface area contributed by atoms with Gasteiger partial charge in [-0.05, 0) is 52.2 Å². The second-order valence-corrected chi connectivity index (χ2v) is 9.41. The van der Waals surface area contributed by atoms with Crippen LogP contribution in [-0.4, -0.2) is 8.80 Å². The lowest BCUT2D eigenvalue weighted by Gasteiger charge is -2.28. The molecular formula is C17H26Si. The standard InChI is InChI=1S/C17H26Si/c1-11-10-17(5,14(4)12(11)2)15-8-9-16(13(15)3)18(6)7/h8,10,18H,9H2,1-7H3. The molecule has 18 heavy (non-hydrogen) atoms. The molecule has 0 aliphatic heterocycles. The summed E-state index contributed by atoms with van der Waals surface area (Å²) < 4.78 is 0. The van der Waals surface area contributed by atoms with Gasteiger partial charge in [-0.2, -0.15) is 0 Å². The van der Waals surface area contributed by atoms with Gasteiger partial charge in [-0.15, -0.1) is 0 Å². The second-order valence-electron chi connectivity index (χ2n) is 6.41. The summed E-state index contributed by atoms with van der Waals surface area (Å²) in [5, 5.41) is 1.76. The van der Waals surface area contributed by atoms with E-state index in [1.807, 2.05) is 0 Å². The zero-order valence-electron chi connectivity index (χ0n) is 12.9. The monoisotopic (exact) mass is 258 g/mol. The summed E-state index contributed by atoms with van der Waals surface area (Å²) in [4.78, 5) is 0. The van der Waals surface area contributed by atoms with Crippen molar-refractivity contribution >= 4 is 8.80 Å². The average Bonchev–Trinajstić information content (AvgIpc) is 2.76. The molecule has 2 aliphatic carbocycles. The van der Waals surface area contributed by atoms with Crippen molar-refractivity contribution < 1.29 is 0 Å². The Kier molecular flexibility index (Phi) is 3.31. The van der Waals surface area contributed by atoms with E-state index in [9.17, 15) is 0 Å². The van der Waals surface area contributed by atoms with Gasteiger partial charge in [-0.25, -0.2) is 0 Å². The molecule has 0 saturated carbocycles. The van der Waals surface area contributed by atoms with E-state index in [4.69, 9.17) is 0 Å². The van der Waals surface area contributed by atoms with E-state index in [-0.39, 0.29) is 5.41 Å². The van der Waals surface area contributed by atoms with Gasteiger partial charge in [-0.1, -0.05) is 47.2 Å². The van der Waals surface area contributed by atoms with Crippen molar-refractivity contribution in [2.24, 2.45) is 5.41 Å². The molecule has 0 amide bonds. The summed E-state index contributed by atoms with van der Waals surface area (Å²) in [5.41, 5.74) is 7.81. The lowest BCUT2D eigenvalue weighted by atomic mass is 9.76. The minimum Gasteiger partial charge on any atom is -0.0778 e. The first kappa shape index (κ1) is 13.6. The molecule has 0 heterocycles. The second kappa shape index (κ2) is 4.38. The fourth-order valence-corrected chi connectivity index (χ4v) is 5.19. The van der Waals surface area contributed by atoms with Crippen LogP contribution in [0, 0.1) is 5.41 Å². The molecule has 0 aromatic heterocycles. The summed E-state index contributed by atoms with van der Waals surface area (Å²) in [6.45, 7) is 16.4. The van der Waals surface area contributed by atoms with E-state index in [2.05, 4.69) is 59.9 Å². The zero-order valence-corrected chi connectivity index (χ0v) is 14.1. The van der Waals surface area contributed by atoms with Crippen molar-refractivity contribution in [3.05, 3.63) is 45.2 Å². The molecule has 2 rings (SSSR count). The Balaban J connectivity index is 2.48. The highest BCUT2D eigenvalue weighted by Gasteiger charge is 2.37. The van der Waals surface area contributed by atoms with Gasteiger partial charge in [0.05, 0.1) is 8.80 Å². The molecule has 0 saturated heterocycles. The van der Waals surface area contributed by atoms with Gasteiger partial charge < -0.3 is 0 Å². The van der Waals surface area contributed by atoms with E-state index in [1.54, 1.807) is 16.3 Å². The van der Waals surface area contributed by atoms with Gasteiger partial charge in [0, 0.05) is 5.41 Å². The third-order valence-corrected chi connectivity index (χ3v) is 7.17. The van der Waals surface area contributed by atoms with Crippen molar-refractivity contribution in [3.8, 4) is 0 Å². The maximum atomic E-state index is 2.49. The minimum absolute atomic E-state index is 0.156. The quantitative estimate of drug-likeness (QED) is 0.614. The summed E-state index contributed by atoms with van der Waals surface area (Å²) in [7, 11) is -0.654. The molecule has 98 valence electrons. The number of allylic oxidation sites excluding steroid dienone is 8. The van der Waals surface area contributed by atoms with Crippen LogP contribution in [0.5, 0.6) is 0 Å². The smallest absolute Gasteiger partial charge is 0.0603 e. The van der Waals surface area contributed by atoms with Crippen LogP contribution >= 0.6 is 0 Å². The largest absolute Gasteiger partial charge is 0.0778 e. The highest BCUT2D eigenvalue weighted by atomic mass is 28.3. The van der Waals surface area contributed by atoms with Crippen molar-refractivity contribution in [2.45, 2.75) is 54.1 Å². The Morgan fingerprint density at radius 1 is 1.06 bits per heavy atom. The van der Waals surface area contributed by atoms with Gasteiger partial charge in [0.2, 0.25) is 0 Å². The average molecular weight is 258 g/mol. The van der Waals surface area contributed by atoms with E-state index in [0.29, 0.717) is 0 Å². The van der Waals surface area contributed by atoms with Crippen molar-refractivity contribution in [1.82, 2.24) is 0 Å². The van der Waals surface area contributed by atoms with Crippen molar-refractivity contribution in [3.63, 3.8) is 0 Å². The van der Waals surface area contributed by atoms with Gasteiger partial charge in [0.1, 0.15) is 0 Å². The van der Waals surface area contributed by atoms with Crippen LogP contribution in [0.25, 0.3) is 0 Å². The Hall–Kier alpha value is -0.823. The molecule has 1 atom stereocenters. The summed E-state index contributed by atoms with van der Waals surface area (Å²) in [6.07, 6.45) is 6.17. The zero-order chi connectivity index (χ0) is 13.7. The molecule has 0 aromatic carbocycles. The first-order valence-electron chi connectivity index (χ1n) is 7.07. The summed E-state index contributed by atoms with van der Waals surface area (Å²) in [5.74, 6) is 0. The molecular weight excluding hydrogens is 232 g/mol. The third-order valence-electron chi connectivity index (χ3n) is 5.11. The van der Waals surface area contributed by atoms with E-state index >= 15 is 0 Å². The lowest BCUT2D eigenvalue weighted by molar-refractivity contribution is 0.631. The maximum Gasteiger partial charge on any atom is 0.0603 e. The Labute approximate surface area is 114 Å². The van der Waals surface area contributed by atoms with Gasteiger partial charge in [-0.3, -0.25) is 0 Å². The highest BCUT2D eigenvalue weighted by Crippen LogP contribution is 2.50. The minimum atomic E-state index is -0.654. The van der Waals surface area contributed by atoms with Crippen LogP contribution in [0.2, 0.25) is 13.1 Å². The molecule has 0 nitrogen and oxygen atoms in total. The summed E-state index contributed by atoms with van der Waals surface area (Å²) in [6, 6.07) is 0. The number of hydrogen-bond donors (Lipinski definition) is 0. The first-order valence-corrected chi connectivity index (χ1v) is 9.96. The Bertz CT molecular complexity index is 512. The van der Waals surface area contributed by atoms with E-state index in [1.165, 1.54) is 23.1 Å². The maximum absolute atomic E-state index is 2.49. The molecule has 2 aliphatic rings. The molecule has 0 bridgehead atoms. The molecule has 0 aromatic rings. The van der Waals surface area contributed by atoms with Crippen LogP contribution in [0.15, 0.2) is 45.2 Å². The van der Waals surface area contributed by atoms with Gasteiger partial charge in [0.25, 0.3) is 0 Å². The van der Waals surface area contributed by atoms with Crippen LogP contribution in [0.1, 0.15) is 41.0 Å². The lowest BCUT2D eigenvalue weighted by Crippen LogP contribution is -2.17. The number of hydrogen-bond acceptors (Lipinski definition) is 0. The molecule has 0 spiro atoms. The van der Waals surface area contributed by atoms with E-state index < -0.39 is 8.80 Å². The first-order chi connectivity index (χ1) is 8.29. The van der Waals surface area contributed by atoms with Crippen LogP contribution in [-0.2, 0) is 0 Å². The molecule has 1 unspecified atom stereocenters.